The lowest BCUT2D eigenvalue weighted by Gasteiger charge is -2.12. The smallest absolute Gasteiger partial charge is 0.144 e. The lowest BCUT2D eigenvalue weighted by atomic mass is 10.2. The third kappa shape index (κ3) is 3.24. The van der Waals surface area contributed by atoms with E-state index >= 15 is 0 Å². The molecule has 2 rings (SSSR count). The number of rotatable bonds is 6. The molecule has 0 aliphatic rings. The van der Waals surface area contributed by atoms with Crippen LogP contribution in [-0.4, -0.2) is 16.7 Å². The van der Waals surface area contributed by atoms with Gasteiger partial charge in [0.15, 0.2) is 0 Å². The number of hydrogen-bond donors (Lipinski definition) is 1. The molecule has 0 saturated carbocycles. The molecular formula is C14H18FN3O. The summed E-state index contributed by atoms with van der Waals surface area (Å²) >= 11 is 0. The van der Waals surface area contributed by atoms with Crippen LogP contribution >= 0.6 is 0 Å². The number of anilines is 1. The molecule has 1 N–H and O–H groups in total. The van der Waals surface area contributed by atoms with Gasteiger partial charge >= 0.3 is 0 Å². The second-order valence-electron chi connectivity index (χ2n) is 4.28. The topological polar surface area (TPSA) is 39.1 Å². The van der Waals surface area contributed by atoms with Gasteiger partial charge in [-0.2, -0.15) is 0 Å². The molecule has 1 aromatic carbocycles. The van der Waals surface area contributed by atoms with Crippen LogP contribution in [0.15, 0.2) is 30.7 Å². The van der Waals surface area contributed by atoms with Crippen molar-refractivity contribution in [2.75, 3.05) is 12.4 Å². The van der Waals surface area contributed by atoms with Crippen molar-refractivity contribution in [1.82, 2.24) is 9.55 Å². The molecule has 0 aliphatic carbocycles. The minimum Gasteiger partial charge on any atom is -0.494 e. The van der Waals surface area contributed by atoms with Crippen LogP contribution in [-0.2, 0) is 13.1 Å². The highest BCUT2D eigenvalue weighted by molar-refractivity contribution is 5.56. The van der Waals surface area contributed by atoms with Gasteiger partial charge in [-0.05, 0) is 18.6 Å². The van der Waals surface area contributed by atoms with Crippen molar-refractivity contribution in [3.05, 3.63) is 42.2 Å². The van der Waals surface area contributed by atoms with Crippen molar-refractivity contribution >= 4 is 5.69 Å². The number of nitrogens with one attached hydrogen (secondary N) is 1. The van der Waals surface area contributed by atoms with E-state index in [1.54, 1.807) is 6.07 Å². The molecular weight excluding hydrogens is 245 g/mol. The van der Waals surface area contributed by atoms with Crippen molar-refractivity contribution < 1.29 is 9.13 Å². The van der Waals surface area contributed by atoms with Gasteiger partial charge in [0.05, 0.1) is 31.4 Å². The van der Waals surface area contributed by atoms with Gasteiger partial charge in [0.25, 0.3) is 0 Å². The predicted molar refractivity (Wildman–Crippen MR) is 72.8 cm³/mol. The molecule has 5 heteroatoms. The van der Waals surface area contributed by atoms with E-state index in [1.165, 1.54) is 19.2 Å². The Labute approximate surface area is 112 Å². The van der Waals surface area contributed by atoms with Crippen LogP contribution in [0.4, 0.5) is 10.1 Å². The maximum Gasteiger partial charge on any atom is 0.144 e. The summed E-state index contributed by atoms with van der Waals surface area (Å²) in [4.78, 5) is 4.14. The Hall–Kier alpha value is -2.04. The molecule has 0 atom stereocenters. The first-order chi connectivity index (χ1) is 9.24. The number of benzene rings is 1. The average molecular weight is 263 g/mol. The highest BCUT2D eigenvalue weighted by Crippen LogP contribution is 2.25. The van der Waals surface area contributed by atoms with E-state index in [0.717, 1.165) is 24.3 Å². The summed E-state index contributed by atoms with van der Waals surface area (Å²) in [6.45, 7) is 3.69. The van der Waals surface area contributed by atoms with E-state index in [2.05, 4.69) is 21.8 Å². The van der Waals surface area contributed by atoms with Crippen LogP contribution in [0.25, 0.3) is 0 Å². The molecule has 102 valence electrons. The Balaban J connectivity index is 2.07. The molecule has 0 bridgehead atoms. The molecule has 0 unspecified atom stereocenters. The Kier molecular flexibility index (Phi) is 4.39. The zero-order valence-electron chi connectivity index (χ0n) is 11.2. The van der Waals surface area contributed by atoms with Crippen LogP contribution in [0.3, 0.4) is 0 Å². The molecule has 4 nitrogen and oxygen atoms in total. The normalized spacial score (nSPS) is 10.5. The summed E-state index contributed by atoms with van der Waals surface area (Å²) in [5, 5.41) is 3.24. The fourth-order valence-electron chi connectivity index (χ4n) is 1.93. The van der Waals surface area contributed by atoms with Crippen molar-refractivity contribution in [2.24, 2.45) is 0 Å². The quantitative estimate of drug-likeness (QED) is 0.870. The number of ether oxygens (including phenoxy) is 1. The van der Waals surface area contributed by atoms with Crippen LogP contribution in [0.2, 0.25) is 0 Å². The lowest BCUT2D eigenvalue weighted by molar-refractivity contribution is 0.413. The largest absolute Gasteiger partial charge is 0.494 e. The number of methoxy groups -OCH3 is 1. The van der Waals surface area contributed by atoms with Gasteiger partial charge in [0, 0.05) is 18.8 Å². The Morgan fingerprint density at radius 1 is 1.42 bits per heavy atom. The van der Waals surface area contributed by atoms with Crippen molar-refractivity contribution in [3.8, 4) is 5.75 Å². The first-order valence-corrected chi connectivity index (χ1v) is 6.31. The fourth-order valence-corrected chi connectivity index (χ4v) is 1.93. The zero-order valence-corrected chi connectivity index (χ0v) is 11.2. The van der Waals surface area contributed by atoms with Gasteiger partial charge < -0.3 is 14.6 Å². The van der Waals surface area contributed by atoms with Crippen LogP contribution in [0.5, 0.6) is 5.75 Å². The van der Waals surface area contributed by atoms with Gasteiger partial charge in [0.1, 0.15) is 11.6 Å². The molecule has 0 radical (unpaired) electrons. The third-order valence-electron chi connectivity index (χ3n) is 2.89. The number of aryl methyl sites for hydroxylation is 1. The summed E-state index contributed by atoms with van der Waals surface area (Å²) in [5.74, 6) is 0.194. The monoisotopic (exact) mass is 263 g/mol. The van der Waals surface area contributed by atoms with E-state index in [-0.39, 0.29) is 5.82 Å². The number of aromatic nitrogens is 2. The predicted octanol–water partition coefficient (Wildman–Crippen LogP) is 3.05. The second-order valence-corrected chi connectivity index (χ2v) is 4.28. The SMILES string of the molecule is CCCn1cncc1CNc1ccc(F)cc1OC. The molecule has 1 aromatic heterocycles. The molecule has 2 aromatic rings. The summed E-state index contributed by atoms with van der Waals surface area (Å²) in [7, 11) is 1.53. The molecule has 0 spiro atoms. The second kappa shape index (κ2) is 6.22. The summed E-state index contributed by atoms with van der Waals surface area (Å²) in [6, 6.07) is 4.45. The average Bonchev–Trinajstić information content (AvgIpc) is 2.85. The molecule has 1 heterocycles. The first kappa shape index (κ1) is 13.4. The summed E-state index contributed by atoms with van der Waals surface area (Å²) in [6.07, 6.45) is 4.71. The summed E-state index contributed by atoms with van der Waals surface area (Å²) in [5.41, 5.74) is 1.86. The summed E-state index contributed by atoms with van der Waals surface area (Å²) < 4.78 is 20.3. The Bertz CT molecular complexity index is 539. The van der Waals surface area contributed by atoms with E-state index < -0.39 is 0 Å². The number of hydrogen-bond acceptors (Lipinski definition) is 3. The van der Waals surface area contributed by atoms with E-state index in [0.29, 0.717) is 12.3 Å². The number of nitrogens with zero attached hydrogens (tertiary/aromatic N) is 2. The van der Waals surface area contributed by atoms with Gasteiger partial charge in [-0.1, -0.05) is 6.92 Å². The molecule has 0 fully saturated rings. The molecule has 0 aliphatic heterocycles. The maximum absolute atomic E-state index is 13.1. The lowest BCUT2D eigenvalue weighted by Crippen LogP contribution is -2.07. The third-order valence-corrected chi connectivity index (χ3v) is 2.89. The highest BCUT2D eigenvalue weighted by Gasteiger charge is 2.06. The zero-order chi connectivity index (χ0) is 13.7. The van der Waals surface area contributed by atoms with E-state index in [9.17, 15) is 4.39 Å². The van der Waals surface area contributed by atoms with E-state index in [1.807, 2.05) is 12.5 Å². The minimum atomic E-state index is -0.307. The van der Waals surface area contributed by atoms with Gasteiger partial charge in [0.2, 0.25) is 0 Å². The van der Waals surface area contributed by atoms with Crippen LogP contribution < -0.4 is 10.1 Å². The number of imidazole rings is 1. The van der Waals surface area contributed by atoms with Crippen LogP contribution in [0.1, 0.15) is 19.0 Å². The van der Waals surface area contributed by atoms with Gasteiger partial charge in [-0.3, -0.25) is 0 Å². The van der Waals surface area contributed by atoms with E-state index in [4.69, 9.17) is 4.74 Å². The van der Waals surface area contributed by atoms with Gasteiger partial charge in [-0.15, -0.1) is 0 Å². The van der Waals surface area contributed by atoms with Crippen molar-refractivity contribution in [3.63, 3.8) is 0 Å². The minimum absolute atomic E-state index is 0.307. The Morgan fingerprint density at radius 2 is 2.26 bits per heavy atom. The Morgan fingerprint density at radius 3 is 3.00 bits per heavy atom. The standard InChI is InChI=1S/C14H18FN3O/c1-3-6-18-10-16-8-12(18)9-17-13-5-4-11(15)7-14(13)19-2/h4-5,7-8,10,17H,3,6,9H2,1-2H3. The number of halogens is 1. The fraction of sp³-hybridized carbons (Fsp3) is 0.357. The van der Waals surface area contributed by atoms with Crippen LogP contribution in [0, 0.1) is 5.82 Å². The van der Waals surface area contributed by atoms with Gasteiger partial charge in [-0.25, -0.2) is 9.37 Å². The van der Waals surface area contributed by atoms with Crippen molar-refractivity contribution in [2.45, 2.75) is 26.4 Å². The molecule has 0 saturated heterocycles. The van der Waals surface area contributed by atoms with Crippen molar-refractivity contribution in [1.29, 1.82) is 0 Å². The maximum atomic E-state index is 13.1. The molecule has 0 amide bonds. The first-order valence-electron chi connectivity index (χ1n) is 6.31. The highest BCUT2D eigenvalue weighted by atomic mass is 19.1. The molecule has 19 heavy (non-hydrogen) atoms.